The number of aryl methyl sites for hydroxylation is 2. The number of hydrogen-bond acceptors (Lipinski definition) is 3. The Hall–Kier alpha value is -2.34. The third-order valence-electron chi connectivity index (χ3n) is 4.69. The van der Waals surface area contributed by atoms with Crippen LogP contribution in [0.5, 0.6) is 0 Å². The van der Waals surface area contributed by atoms with Crippen LogP contribution in [-0.2, 0) is 24.6 Å². The number of nitrogens with one attached hydrogen (secondary N) is 1. The van der Waals surface area contributed by atoms with Gasteiger partial charge in [-0.3, -0.25) is 4.68 Å². The van der Waals surface area contributed by atoms with E-state index >= 15 is 0 Å². The molecule has 6 nitrogen and oxygen atoms in total. The van der Waals surface area contributed by atoms with Crippen LogP contribution < -0.4 is 5.32 Å². The standard InChI is InChI=1S/C19H26N4O2/c1-3-15-4-6-16(7-5-15)18-14-23(12-13-25-18)19(24)20-10-8-17-9-11-21-22(17)2/h4-7,9,11,18H,3,8,10,12-14H2,1-2H3,(H,20,24). The number of carbonyl (C=O) groups is 1. The van der Waals surface area contributed by atoms with E-state index in [-0.39, 0.29) is 12.1 Å². The minimum Gasteiger partial charge on any atom is -0.370 e. The van der Waals surface area contributed by atoms with Crippen LogP contribution in [0.4, 0.5) is 4.79 Å². The molecule has 3 rings (SSSR count). The predicted molar refractivity (Wildman–Crippen MR) is 96.4 cm³/mol. The second-order valence-corrected chi connectivity index (χ2v) is 6.33. The summed E-state index contributed by atoms with van der Waals surface area (Å²) in [5.74, 6) is 0. The van der Waals surface area contributed by atoms with Gasteiger partial charge in [-0.2, -0.15) is 5.10 Å². The number of hydrogen-bond donors (Lipinski definition) is 1. The molecule has 1 atom stereocenters. The first kappa shape index (κ1) is 17.5. The Bertz CT molecular complexity index is 696. The lowest BCUT2D eigenvalue weighted by Crippen LogP contribution is -2.47. The summed E-state index contributed by atoms with van der Waals surface area (Å²) in [5.41, 5.74) is 3.55. The molecule has 1 aliphatic heterocycles. The van der Waals surface area contributed by atoms with Crippen LogP contribution in [0.15, 0.2) is 36.5 Å². The monoisotopic (exact) mass is 342 g/mol. The summed E-state index contributed by atoms with van der Waals surface area (Å²) in [6.07, 6.45) is 3.52. The highest BCUT2D eigenvalue weighted by atomic mass is 16.5. The van der Waals surface area contributed by atoms with E-state index in [2.05, 4.69) is 41.6 Å². The molecule has 134 valence electrons. The van der Waals surface area contributed by atoms with Gasteiger partial charge in [0.2, 0.25) is 0 Å². The number of rotatable bonds is 5. The fraction of sp³-hybridized carbons (Fsp3) is 0.474. The van der Waals surface area contributed by atoms with Crippen molar-refractivity contribution in [3.05, 3.63) is 53.3 Å². The molecule has 1 aromatic carbocycles. The lowest BCUT2D eigenvalue weighted by molar-refractivity contribution is -0.0154. The first-order chi connectivity index (χ1) is 12.2. The molecule has 6 heteroatoms. The number of urea groups is 1. The number of nitrogens with zero attached hydrogens (tertiary/aromatic N) is 3. The molecule has 0 bridgehead atoms. The molecule has 0 aliphatic carbocycles. The molecule has 0 spiro atoms. The quantitative estimate of drug-likeness (QED) is 0.907. The summed E-state index contributed by atoms with van der Waals surface area (Å²) >= 11 is 0. The second-order valence-electron chi connectivity index (χ2n) is 6.33. The number of carbonyl (C=O) groups excluding carboxylic acids is 1. The highest BCUT2D eigenvalue weighted by Gasteiger charge is 2.25. The summed E-state index contributed by atoms with van der Waals surface area (Å²) in [5, 5.41) is 7.14. The van der Waals surface area contributed by atoms with Crippen LogP contribution in [0.25, 0.3) is 0 Å². The van der Waals surface area contributed by atoms with Crippen molar-refractivity contribution in [3.63, 3.8) is 0 Å². The highest BCUT2D eigenvalue weighted by Crippen LogP contribution is 2.22. The smallest absolute Gasteiger partial charge is 0.317 e. The zero-order chi connectivity index (χ0) is 17.6. The minimum absolute atomic E-state index is 0.0272. The lowest BCUT2D eigenvalue weighted by Gasteiger charge is -2.33. The maximum Gasteiger partial charge on any atom is 0.317 e. The van der Waals surface area contributed by atoms with Crippen molar-refractivity contribution in [2.24, 2.45) is 7.05 Å². The third-order valence-corrected chi connectivity index (χ3v) is 4.69. The van der Waals surface area contributed by atoms with Crippen molar-refractivity contribution >= 4 is 6.03 Å². The largest absolute Gasteiger partial charge is 0.370 e. The van der Waals surface area contributed by atoms with E-state index in [0.29, 0.717) is 26.2 Å². The molecule has 0 radical (unpaired) electrons. The zero-order valence-electron chi connectivity index (χ0n) is 14.9. The van der Waals surface area contributed by atoms with E-state index < -0.39 is 0 Å². The Kier molecular flexibility index (Phi) is 5.71. The fourth-order valence-electron chi connectivity index (χ4n) is 3.06. The van der Waals surface area contributed by atoms with E-state index in [1.165, 1.54) is 5.56 Å². The van der Waals surface area contributed by atoms with Gasteiger partial charge in [-0.1, -0.05) is 31.2 Å². The van der Waals surface area contributed by atoms with Crippen LogP contribution in [-0.4, -0.2) is 47.0 Å². The van der Waals surface area contributed by atoms with Gasteiger partial charge in [-0.15, -0.1) is 0 Å². The van der Waals surface area contributed by atoms with Gasteiger partial charge in [-0.25, -0.2) is 4.79 Å². The van der Waals surface area contributed by atoms with E-state index in [1.54, 1.807) is 6.20 Å². The predicted octanol–water partition coefficient (Wildman–Crippen LogP) is 2.31. The molecule has 2 heterocycles. The van der Waals surface area contributed by atoms with Gasteiger partial charge in [-0.05, 0) is 23.6 Å². The van der Waals surface area contributed by atoms with Gasteiger partial charge in [0.05, 0.1) is 13.2 Å². The second kappa shape index (κ2) is 8.16. The maximum absolute atomic E-state index is 12.4. The molecule has 0 saturated carbocycles. The average Bonchev–Trinajstić information content (AvgIpc) is 3.07. The molecule has 2 amide bonds. The summed E-state index contributed by atoms with van der Waals surface area (Å²) in [4.78, 5) is 14.3. The van der Waals surface area contributed by atoms with Crippen molar-refractivity contribution in [2.75, 3.05) is 26.2 Å². The summed E-state index contributed by atoms with van der Waals surface area (Å²) in [6, 6.07) is 10.4. The molecule has 1 aromatic heterocycles. The van der Waals surface area contributed by atoms with Crippen LogP contribution in [0.1, 0.15) is 29.8 Å². The number of ether oxygens (including phenoxy) is 1. The number of amides is 2. The molecule has 1 fully saturated rings. The lowest BCUT2D eigenvalue weighted by atomic mass is 10.0. The van der Waals surface area contributed by atoms with E-state index in [0.717, 1.165) is 24.1 Å². The van der Waals surface area contributed by atoms with E-state index in [9.17, 15) is 4.79 Å². The number of morpholine rings is 1. The van der Waals surface area contributed by atoms with Crippen molar-refractivity contribution in [2.45, 2.75) is 25.9 Å². The number of aromatic nitrogens is 2. The molecule has 2 aromatic rings. The Morgan fingerprint density at radius 1 is 1.32 bits per heavy atom. The molecule has 1 aliphatic rings. The van der Waals surface area contributed by atoms with Crippen LogP contribution in [0.2, 0.25) is 0 Å². The summed E-state index contributed by atoms with van der Waals surface area (Å²) in [6.45, 7) is 4.52. The van der Waals surface area contributed by atoms with Crippen LogP contribution >= 0.6 is 0 Å². The summed E-state index contributed by atoms with van der Waals surface area (Å²) < 4.78 is 7.69. The normalized spacial score (nSPS) is 17.5. The molecular weight excluding hydrogens is 316 g/mol. The van der Waals surface area contributed by atoms with Gasteiger partial charge < -0.3 is 15.0 Å². The van der Waals surface area contributed by atoms with E-state index in [1.807, 2.05) is 22.7 Å². The zero-order valence-corrected chi connectivity index (χ0v) is 14.9. The first-order valence-corrected chi connectivity index (χ1v) is 8.87. The summed E-state index contributed by atoms with van der Waals surface area (Å²) in [7, 11) is 1.91. The van der Waals surface area contributed by atoms with Gasteiger partial charge in [0.15, 0.2) is 0 Å². The maximum atomic E-state index is 12.4. The topological polar surface area (TPSA) is 59.4 Å². The minimum atomic E-state index is -0.0533. The Morgan fingerprint density at radius 3 is 2.80 bits per heavy atom. The fourth-order valence-corrected chi connectivity index (χ4v) is 3.06. The molecule has 1 N–H and O–H groups in total. The Balaban J connectivity index is 1.51. The first-order valence-electron chi connectivity index (χ1n) is 8.87. The Labute approximate surface area is 148 Å². The average molecular weight is 342 g/mol. The molecule has 25 heavy (non-hydrogen) atoms. The number of benzene rings is 1. The van der Waals surface area contributed by atoms with E-state index in [4.69, 9.17) is 4.74 Å². The van der Waals surface area contributed by atoms with Crippen molar-refractivity contribution in [3.8, 4) is 0 Å². The van der Waals surface area contributed by atoms with Gasteiger partial charge in [0, 0.05) is 38.4 Å². The van der Waals surface area contributed by atoms with Gasteiger partial charge in [0.25, 0.3) is 0 Å². The highest BCUT2D eigenvalue weighted by molar-refractivity contribution is 5.74. The van der Waals surface area contributed by atoms with Crippen LogP contribution in [0.3, 0.4) is 0 Å². The Morgan fingerprint density at radius 2 is 2.12 bits per heavy atom. The van der Waals surface area contributed by atoms with Gasteiger partial charge in [0.1, 0.15) is 6.10 Å². The van der Waals surface area contributed by atoms with Crippen LogP contribution in [0, 0.1) is 0 Å². The van der Waals surface area contributed by atoms with Gasteiger partial charge >= 0.3 is 6.03 Å². The van der Waals surface area contributed by atoms with Crippen molar-refractivity contribution < 1.29 is 9.53 Å². The molecule has 1 saturated heterocycles. The molecular formula is C19H26N4O2. The van der Waals surface area contributed by atoms with Crippen molar-refractivity contribution in [1.29, 1.82) is 0 Å². The van der Waals surface area contributed by atoms with Crippen molar-refractivity contribution in [1.82, 2.24) is 20.0 Å². The molecule has 1 unspecified atom stereocenters. The third kappa shape index (κ3) is 4.39. The SMILES string of the molecule is CCc1ccc(C2CN(C(=O)NCCc3ccnn3C)CCO2)cc1.